The van der Waals surface area contributed by atoms with Gasteiger partial charge in [0.15, 0.2) is 0 Å². The lowest BCUT2D eigenvalue weighted by Crippen LogP contribution is -2.37. The van der Waals surface area contributed by atoms with Gasteiger partial charge < -0.3 is 10.1 Å². The van der Waals surface area contributed by atoms with Crippen LogP contribution in [0.15, 0.2) is 18.2 Å². The van der Waals surface area contributed by atoms with E-state index in [-0.39, 0.29) is 17.2 Å². The molecule has 1 aromatic rings. The number of carbonyl (C=O) groups excluding carboxylic acids is 1. The molecule has 0 aliphatic heterocycles. The molecule has 1 N–H and O–H groups in total. The van der Waals surface area contributed by atoms with Gasteiger partial charge in [-0.3, -0.25) is 4.79 Å². The summed E-state index contributed by atoms with van der Waals surface area (Å²) in [6.45, 7) is 8.21. The van der Waals surface area contributed by atoms with Crippen molar-refractivity contribution in [2.45, 2.75) is 57.6 Å². The third-order valence-corrected chi connectivity index (χ3v) is 4.60. The fourth-order valence-corrected chi connectivity index (χ4v) is 3.05. The molecule has 0 heterocycles. The van der Waals surface area contributed by atoms with E-state index in [9.17, 15) is 4.79 Å². The van der Waals surface area contributed by atoms with E-state index in [0.29, 0.717) is 0 Å². The number of amides is 1. The van der Waals surface area contributed by atoms with Crippen LogP contribution in [0.1, 0.15) is 44.7 Å². The largest absolute Gasteiger partial charge is 0.496 e. The van der Waals surface area contributed by atoms with Gasteiger partial charge in [-0.2, -0.15) is 0 Å². The summed E-state index contributed by atoms with van der Waals surface area (Å²) in [5.74, 6) is 1.79. The van der Waals surface area contributed by atoms with Crippen molar-refractivity contribution < 1.29 is 9.53 Å². The number of hydrogen-bond donors (Lipinski definition) is 1. The average molecular weight is 309 g/mol. The number of benzene rings is 1. The zero-order chi connectivity index (χ0) is 15.8. The number of thioether (sulfide) groups is 1. The van der Waals surface area contributed by atoms with E-state index in [4.69, 9.17) is 4.74 Å². The highest BCUT2D eigenvalue weighted by atomic mass is 32.2. The Morgan fingerprint density at radius 2 is 2.10 bits per heavy atom. The molecule has 1 rings (SSSR count). The van der Waals surface area contributed by atoms with Crippen LogP contribution in [0.4, 0.5) is 0 Å². The molecule has 0 saturated heterocycles. The first-order valence-corrected chi connectivity index (χ1v) is 8.58. The van der Waals surface area contributed by atoms with E-state index < -0.39 is 0 Å². The van der Waals surface area contributed by atoms with Gasteiger partial charge >= 0.3 is 0 Å². The van der Waals surface area contributed by atoms with E-state index in [1.165, 1.54) is 5.56 Å². The van der Waals surface area contributed by atoms with Crippen LogP contribution in [-0.4, -0.2) is 24.3 Å². The van der Waals surface area contributed by atoms with Gasteiger partial charge in [0.25, 0.3) is 0 Å². The molecule has 0 fully saturated rings. The minimum atomic E-state index is -0.0606. The summed E-state index contributed by atoms with van der Waals surface area (Å²) in [6, 6.07) is 6.39. The van der Waals surface area contributed by atoms with E-state index in [2.05, 4.69) is 32.2 Å². The fraction of sp³-hybridized carbons (Fsp3) is 0.588. The normalized spacial score (nSPS) is 13.6. The van der Waals surface area contributed by atoms with Gasteiger partial charge in [-0.1, -0.05) is 31.0 Å². The monoisotopic (exact) mass is 309 g/mol. The Labute approximate surface area is 132 Å². The molecule has 21 heavy (non-hydrogen) atoms. The predicted octanol–water partition coefficient (Wildman–Crippen LogP) is 3.93. The summed E-state index contributed by atoms with van der Waals surface area (Å²) in [7, 11) is 1.68. The Bertz CT molecular complexity index is 462. The molecule has 3 nitrogen and oxygen atoms in total. The van der Waals surface area contributed by atoms with Gasteiger partial charge in [0.2, 0.25) is 5.91 Å². The van der Waals surface area contributed by atoms with Crippen molar-refractivity contribution >= 4 is 17.7 Å². The predicted molar refractivity (Wildman–Crippen MR) is 91.0 cm³/mol. The number of methoxy groups -OCH3 is 1. The lowest BCUT2D eigenvalue weighted by molar-refractivity contribution is -0.120. The van der Waals surface area contributed by atoms with E-state index >= 15 is 0 Å². The number of aryl methyl sites for hydroxylation is 1. The van der Waals surface area contributed by atoms with Gasteiger partial charge in [0, 0.05) is 17.4 Å². The Hall–Kier alpha value is -1.16. The Morgan fingerprint density at radius 3 is 2.71 bits per heavy atom. The van der Waals surface area contributed by atoms with Gasteiger partial charge in [-0.15, -0.1) is 11.8 Å². The minimum Gasteiger partial charge on any atom is -0.496 e. The lowest BCUT2D eigenvalue weighted by atomic mass is 10.1. The van der Waals surface area contributed by atoms with Crippen molar-refractivity contribution in [3.05, 3.63) is 29.3 Å². The summed E-state index contributed by atoms with van der Waals surface area (Å²) < 4.78 is 5.38. The number of hydrogen-bond acceptors (Lipinski definition) is 3. The maximum Gasteiger partial charge on any atom is 0.233 e. The van der Waals surface area contributed by atoms with Crippen molar-refractivity contribution in [3.8, 4) is 5.75 Å². The molecular weight excluding hydrogens is 282 g/mol. The first kappa shape index (κ1) is 17.9. The number of nitrogens with one attached hydrogen (secondary N) is 1. The van der Waals surface area contributed by atoms with Gasteiger partial charge in [0.05, 0.1) is 12.4 Å². The highest BCUT2D eigenvalue weighted by molar-refractivity contribution is 7.99. The van der Waals surface area contributed by atoms with E-state index in [1.807, 2.05) is 19.1 Å². The summed E-state index contributed by atoms with van der Waals surface area (Å²) in [5.41, 5.74) is 2.35. The Balaban J connectivity index is 2.54. The molecule has 0 aliphatic rings. The summed E-state index contributed by atoms with van der Waals surface area (Å²) in [4.78, 5) is 12.1. The van der Waals surface area contributed by atoms with Gasteiger partial charge in [-0.05, 0) is 33.3 Å². The summed E-state index contributed by atoms with van der Waals surface area (Å²) in [6.07, 6.45) is 2.11. The molecule has 0 spiro atoms. The van der Waals surface area contributed by atoms with Crippen molar-refractivity contribution in [3.63, 3.8) is 0 Å². The van der Waals surface area contributed by atoms with Crippen LogP contribution in [0.3, 0.4) is 0 Å². The molecule has 0 saturated carbocycles. The maximum atomic E-state index is 12.1. The van der Waals surface area contributed by atoms with Crippen molar-refractivity contribution in [1.82, 2.24) is 5.32 Å². The highest BCUT2D eigenvalue weighted by Crippen LogP contribution is 2.26. The second-order valence-electron chi connectivity index (χ2n) is 5.47. The Kier molecular flexibility index (Phi) is 7.65. The van der Waals surface area contributed by atoms with Crippen LogP contribution < -0.4 is 10.1 Å². The van der Waals surface area contributed by atoms with Crippen LogP contribution in [0.25, 0.3) is 0 Å². The fourth-order valence-electron chi connectivity index (χ4n) is 2.18. The molecule has 2 unspecified atom stereocenters. The smallest absolute Gasteiger partial charge is 0.233 e. The van der Waals surface area contributed by atoms with Crippen molar-refractivity contribution in [2.24, 2.45) is 0 Å². The molecule has 1 amide bonds. The molecule has 0 radical (unpaired) electrons. The highest BCUT2D eigenvalue weighted by Gasteiger charge is 2.16. The topological polar surface area (TPSA) is 38.3 Å². The molecular formula is C17H27NO2S. The van der Waals surface area contributed by atoms with Crippen LogP contribution in [-0.2, 0) is 10.5 Å². The summed E-state index contributed by atoms with van der Waals surface area (Å²) in [5, 5.41) is 3.01. The number of rotatable bonds is 8. The standard InChI is InChI=1S/C17H27NO2S/c1-6-7-13(3)18-17(19)14(4)21-11-15-10-12(2)8-9-16(15)20-5/h8-10,13-14H,6-7,11H2,1-5H3,(H,18,19). The second kappa shape index (κ2) is 8.98. The first-order chi connectivity index (χ1) is 9.97. The zero-order valence-electron chi connectivity index (χ0n) is 13.7. The van der Waals surface area contributed by atoms with Gasteiger partial charge in [0.1, 0.15) is 5.75 Å². The van der Waals surface area contributed by atoms with E-state index in [0.717, 1.165) is 29.9 Å². The number of ether oxygens (including phenoxy) is 1. The van der Waals surface area contributed by atoms with Crippen LogP contribution in [0.5, 0.6) is 5.75 Å². The average Bonchev–Trinajstić information content (AvgIpc) is 2.45. The summed E-state index contributed by atoms with van der Waals surface area (Å²) >= 11 is 1.64. The third-order valence-electron chi connectivity index (χ3n) is 3.40. The van der Waals surface area contributed by atoms with E-state index in [1.54, 1.807) is 18.9 Å². The molecule has 118 valence electrons. The Morgan fingerprint density at radius 1 is 1.38 bits per heavy atom. The quantitative estimate of drug-likeness (QED) is 0.790. The van der Waals surface area contributed by atoms with Crippen molar-refractivity contribution in [1.29, 1.82) is 0 Å². The minimum absolute atomic E-state index is 0.0606. The van der Waals surface area contributed by atoms with Crippen LogP contribution in [0, 0.1) is 6.92 Å². The molecule has 0 bridgehead atoms. The SMILES string of the molecule is CCCC(C)NC(=O)C(C)SCc1cc(C)ccc1OC. The maximum absolute atomic E-state index is 12.1. The zero-order valence-corrected chi connectivity index (χ0v) is 14.5. The third kappa shape index (κ3) is 6.00. The number of carbonyl (C=O) groups is 1. The molecule has 0 aromatic heterocycles. The molecule has 4 heteroatoms. The molecule has 0 aliphatic carbocycles. The van der Waals surface area contributed by atoms with Crippen LogP contribution >= 0.6 is 11.8 Å². The lowest BCUT2D eigenvalue weighted by Gasteiger charge is -2.17. The van der Waals surface area contributed by atoms with Crippen molar-refractivity contribution in [2.75, 3.05) is 7.11 Å². The first-order valence-electron chi connectivity index (χ1n) is 7.53. The molecule has 1 aromatic carbocycles. The van der Waals surface area contributed by atoms with Crippen LogP contribution in [0.2, 0.25) is 0 Å². The van der Waals surface area contributed by atoms with Gasteiger partial charge in [-0.25, -0.2) is 0 Å². The molecule has 2 atom stereocenters. The second-order valence-corrected chi connectivity index (χ2v) is 6.80.